The number of hydrogen-bond donors (Lipinski definition) is 1. The highest BCUT2D eigenvalue weighted by Crippen LogP contribution is 2.29. The Morgan fingerprint density at radius 3 is 2.76 bits per heavy atom. The molecule has 1 aromatic heterocycles. The predicted molar refractivity (Wildman–Crippen MR) is 91.4 cm³/mol. The van der Waals surface area contributed by atoms with Crippen molar-refractivity contribution in [3.63, 3.8) is 0 Å². The number of nitrogens with one attached hydrogen (secondary N) is 1. The summed E-state index contributed by atoms with van der Waals surface area (Å²) in [5, 5.41) is 3.38. The molecule has 0 unspecified atom stereocenters. The Hall–Kier alpha value is -0.780. The van der Waals surface area contributed by atoms with Crippen LogP contribution in [-0.4, -0.2) is 6.54 Å². The van der Waals surface area contributed by atoms with Crippen LogP contribution in [-0.2, 0) is 13.2 Å². The van der Waals surface area contributed by atoms with Gasteiger partial charge < -0.3 is 14.5 Å². The molecule has 5 heteroatoms. The van der Waals surface area contributed by atoms with Crippen molar-refractivity contribution in [3.05, 3.63) is 50.8 Å². The van der Waals surface area contributed by atoms with Crippen LogP contribution in [0.5, 0.6) is 5.75 Å². The van der Waals surface area contributed by atoms with E-state index in [-0.39, 0.29) is 0 Å². The standard InChI is InChI=1S/C16H19Br2NO2/c1-11(2)8-19-9-16-12(5-6-20-16)10-21-15-4-3-13(17)7-14(15)18/h3-7,11,19H,8-10H2,1-2H3. The molecule has 0 saturated heterocycles. The van der Waals surface area contributed by atoms with Crippen molar-refractivity contribution in [3.8, 4) is 5.75 Å². The molecule has 3 nitrogen and oxygen atoms in total. The second-order valence-electron chi connectivity index (χ2n) is 5.26. The van der Waals surface area contributed by atoms with Crippen LogP contribution in [0.3, 0.4) is 0 Å². The number of hydrogen-bond acceptors (Lipinski definition) is 3. The number of furan rings is 1. The van der Waals surface area contributed by atoms with Crippen molar-refractivity contribution in [2.45, 2.75) is 27.0 Å². The molecule has 2 rings (SSSR count). The normalized spacial score (nSPS) is 11.1. The lowest BCUT2D eigenvalue weighted by molar-refractivity contribution is 0.299. The summed E-state index contributed by atoms with van der Waals surface area (Å²) in [5.74, 6) is 2.38. The average Bonchev–Trinajstić information content (AvgIpc) is 2.85. The Morgan fingerprint density at radius 1 is 1.24 bits per heavy atom. The first-order chi connectivity index (χ1) is 10.1. The fourth-order valence-electron chi connectivity index (χ4n) is 1.87. The summed E-state index contributed by atoms with van der Waals surface area (Å²) < 4.78 is 13.3. The maximum atomic E-state index is 5.85. The van der Waals surface area contributed by atoms with Crippen molar-refractivity contribution >= 4 is 31.9 Å². The Labute approximate surface area is 142 Å². The van der Waals surface area contributed by atoms with E-state index < -0.39 is 0 Å². The fraction of sp³-hybridized carbons (Fsp3) is 0.375. The lowest BCUT2D eigenvalue weighted by Gasteiger charge is -2.10. The van der Waals surface area contributed by atoms with Gasteiger partial charge in [0.15, 0.2) is 0 Å². The molecule has 0 amide bonds. The molecule has 21 heavy (non-hydrogen) atoms. The van der Waals surface area contributed by atoms with Crippen LogP contribution in [0.1, 0.15) is 25.2 Å². The molecule has 0 fully saturated rings. The smallest absolute Gasteiger partial charge is 0.134 e. The molecular formula is C16H19Br2NO2. The summed E-state index contributed by atoms with van der Waals surface area (Å²) in [6, 6.07) is 7.82. The summed E-state index contributed by atoms with van der Waals surface area (Å²) in [7, 11) is 0. The van der Waals surface area contributed by atoms with E-state index in [4.69, 9.17) is 9.15 Å². The maximum absolute atomic E-state index is 5.85. The van der Waals surface area contributed by atoms with Gasteiger partial charge in [-0.15, -0.1) is 0 Å². The molecule has 114 valence electrons. The second-order valence-corrected chi connectivity index (χ2v) is 7.03. The number of rotatable bonds is 7. The van der Waals surface area contributed by atoms with Crippen LogP contribution in [0.25, 0.3) is 0 Å². The molecular weight excluding hydrogens is 398 g/mol. The number of ether oxygens (including phenoxy) is 1. The van der Waals surface area contributed by atoms with Gasteiger partial charge in [-0.25, -0.2) is 0 Å². The van der Waals surface area contributed by atoms with E-state index in [0.717, 1.165) is 39.1 Å². The van der Waals surface area contributed by atoms with Gasteiger partial charge in [-0.2, -0.15) is 0 Å². The Morgan fingerprint density at radius 2 is 2.05 bits per heavy atom. The Balaban J connectivity index is 1.92. The van der Waals surface area contributed by atoms with Crippen LogP contribution >= 0.6 is 31.9 Å². The highest BCUT2D eigenvalue weighted by Gasteiger charge is 2.09. The summed E-state index contributed by atoms with van der Waals surface area (Å²) in [5.41, 5.74) is 1.07. The summed E-state index contributed by atoms with van der Waals surface area (Å²) >= 11 is 6.93. The first-order valence-electron chi connectivity index (χ1n) is 6.90. The maximum Gasteiger partial charge on any atom is 0.134 e. The fourth-order valence-corrected chi connectivity index (χ4v) is 3.03. The van der Waals surface area contributed by atoms with Crippen molar-refractivity contribution in [1.82, 2.24) is 5.32 Å². The highest BCUT2D eigenvalue weighted by molar-refractivity contribution is 9.11. The third-order valence-electron chi connectivity index (χ3n) is 2.95. The monoisotopic (exact) mass is 415 g/mol. The largest absolute Gasteiger partial charge is 0.488 e. The highest BCUT2D eigenvalue weighted by atomic mass is 79.9. The second kappa shape index (κ2) is 8.01. The third-order valence-corrected chi connectivity index (χ3v) is 4.07. The van der Waals surface area contributed by atoms with E-state index in [1.54, 1.807) is 6.26 Å². The molecule has 1 aromatic carbocycles. The first-order valence-corrected chi connectivity index (χ1v) is 8.48. The van der Waals surface area contributed by atoms with Gasteiger partial charge in [-0.05, 0) is 52.7 Å². The van der Waals surface area contributed by atoms with Gasteiger partial charge in [0.1, 0.15) is 18.1 Å². The summed E-state index contributed by atoms with van der Waals surface area (Å²) in [6.45, 7) is 6.56. The van der Waals surface area contributed by atoms with Gasteiger partial charge in [-0.3, -0.25) is 0 Å². The SMILES string of the molecule is CC(C)CNCc1occc1COc1ccc(Br)cc1Br. The zero-order chi connectivity index (χ0) is 15.2. The lowest BCUT2D eigenvalue weighted by Crippen LogP contribution is -2.19. The minimum atomic E-state index is 0.495. The molecule has 0 aliphatic heterocycles. The average molecular weight is 417 g/mol. The van der Waals surface area contributed by atoms with Crippen LogP contribution in [0, 0.1) is 5.92 Å². The van der Waals surface area contributed by atoms with Gasteiger partial charge in [0, 0.05) is 10.0 Å². The van der Waals surface area contributed by atoms with Crippen LogP contribution in [0.4, 0.5) is 0 Å². The Bertz CT molecular complexity index is 581. The van der Waals surface area contributed by atoms with Gasteiger partial charge in [0.25, 0.3) is 0 Å². The van der Waals surface area contributed by atoms with Gasteiger partial charge in [0.05, 0.1) is 17.3 Å². The van der Waals surface area contributed by atoms with Crippen LogP contribution < -0.4 is 10.1 Å². The minimum absolute atomic E-state index is 0.495. The van der Waals surface area contributed by atoms with Crippen molar-refractivity contribution < 1.29 is 9.15 Å². The first kappa shape index (κ1) is 16.6. The minimum Gasteiger partial charge on any atom is -0.488 e. The molecule has 0 saturated carbocycles. The van der Waals surface area contributed by atoms with E-state index in [1.807, 2.05) is 24.3 Å². The van der Waals surface area contributed by atoms with E-state index >= 15 is 0 Å². The summed E-state index contributed by atoms with van der Waals surface area (Å²) in [6.07, 6.45) is 1.71. The van der Waals surface area contributed by atoms with Crippen LogP contribution in [0.15, 0.2) is 43.9 Å². The zero-order valence-electron chi connectivity index (χ0n) is 12.2. The molecule has 1 N–H and O–H groups in total. The lowest BCUT2D eigenvalue weighted by atomic mass is 10.2. The predicted octanol–water partition coefficient (Wildman–Crippen LogP) is 5.13. The molecule has 0 spiro atoms. The number of benzene rings is 1. The summed E-state index contributed by atoms with van der Waals surface area (Å²) in [4.78, 5) is 0. The van der Waals surface area contributed by atoms with E-state index in [2.05, 4.69) is 51.0 Å². The number of halogens is 2. The van der Waals surface area contributed by atoms with E-state index in [1.165, 1.54) is 0 Å². The quantitative estimate of drug-likeness (QED) is 0.679. The molecule has 0 radical (unpaired) electrons. The zero-order valence-corrected chi connectivity index (χ0v) is 15.3. The van der Waals surface area contributed by atoms with Crippen molar-refractivity contribution in [1.29, 1.82) is 0 Å². The molecule has 0 atom stereocenters. The van der Waals surface area contributed by atoms with Crippen molar-refractivity contribution in [2.24, 2.45) is 5.92 Å². The molecule has 0 aliphatic rings. The topological polar surface area (TPSA) is 34.4 Å². The van der Waals surface area contributed by atoms with Gasteiger partial charge >= 0.3 is 0 Å². The van der Waals surface area contributed by atoms with E-state index in [9.17, 15) is 0 Å². The molecule has 0 aliphatic carbocycles. The van der Waals surface area contributed by atoms with Gasteiger partial charge in [0.2, 0.25) is 0 Å². The molecule has 1 heterocycles. The van der Waals surface area contributed by atoms with E-state index in [0.29, 0.717) is 12.5 Å². The Kier molecular flexibility index (Phi) is 6.33. The molecule has 0 bridgehead atoms. The van der Waals surface area contributed by atoms with Crippen molar-refractivity contribution in [2.75, 3.05) is 6.54 Å². The third kappa shape index (κ3) is 5.16. The molecule has 2 aromatic rings. The van der Waals surface area contributed by atoms with Gasteiger partial charge in [-0.1, -0.05) is 29.8 Å². The van der Waals surface area contributed by atoms with Crippen LogP contribution in [0.2, 0.25) is 0 Å².